The van der Waals surface area contributed by atoms with Gasteiger partial charge in [0.1, 0.15) is 5.75 Å². The van der Waals surface area contributed by atoms with Gasteiger partial charge in [-0.3, -0.25) is 4.90 Å². The standard InChI is InChI=1S/C18H28N2O3/c1-3-21-17-5-4-15(13-16(17)19)12-14(2)20-8-6-18(7-9-20)22-10-11-23-18/h4-5,13-14H,3,6-12,19H2,1-2H3. The highest BCUT2D eigenvalue weighted by molar-refractivity contribution is 5.54. The maximum absolute atomic E-state index is 6.07. The second-order valence-electron chi connectivity index (χ2n) is 6.50. The van der Waals surface area contributed by atoms with Gasteiger partial charge in [-0.05, 0) is 38.0 Å². The van der Waals surface area contributed by atoms with E-state index in [1.165, 1.54) is 5.56 Å². The van der Waals surface area contributed by atoms with Crippen LogP contribution >= 0.6 is 0 Å². The van der Waals surface area contributed by atoms with Crippen molar-refractivity contribution >= 4 is 5.69 Å². The second kappa shape index (κ2) is 7.07. The molecule has 0 aromatic heterocycles. The quantitative estimate of drug-likeness (QED) is 0.845. The largest absolute Gasteiger partial charge is 0.492 e. The maximum atomic E-state index is 6.07. The fraction of sp³-hybridized carbons (Fsp3) is 0.667. The van der Waals surface area contributed by atoms with E-state index < -0.39 is 0 Å². The molecule has 3 rings (SSSR count). The van der Waals surface area contributed by atoms with Crippen LogP contribution in [0.4, 0.5) is 5.69 Å². The van der Waals surface area contributed by atoms with Gasteiger partial charge in [-0.1, -0.05) is 6.07 Å². The van der Waals surface area contributed by atoms with Gasteiger partial charge in [0.25, 0.3) is 0 Å². The van der Waals surface area contributed by atoms with Gasteiger partial charge in [0, 0.05) is 32.0 Å². The number of anilines is 1. The Morgan fingerprint density at radius 3 is 2.57 bits per heavy atom. The van der Waals surface area contributed by atoms with E-state index >= 15 is 0 Å². The van der Waals surface area contributed by atoms with Crippen molar-refractivity contribution in [1.29, 1.82) is 0 Å². The number of nitrogen functional groups attached to an aromatic ring is 1. The first kappa shape index (κ1) is 16.6. The molecule has 2 heterocycles. The lowest BCUT2D eigenvalue weighted by atomic mass is 9.99. The highest BCUT2D eigenvalue weighted by Gasteiger charge is 2.40. The van der Waals surface area contributed by atoms with Crippen LogP contribution in [-0.2, 0) is 15.9 Å². The predicted octanol–water partition coefficient (Wildman–Crippen LogP) is 2.44. The summed E-state index contributed by atoms with van der Waals surface area (Å²) in [4.78, 5) is 2.52. The first-order valence-corrected chi connectivity index (χ1v) is 8.65. The second-order valence-corrected chi connectivity index (χ2v) is 6.50. The molecule has 0 radical (unpaired) electrons. The van der Waals surface area contributed by atoms with Gasteiger partial charge in [0.05, 0.1) is 25.5 Å². The van der Waals surface area contributed by atoms with Crippen LogP contribution in [0.3, 0.4) is 0 Å². The molecule has 1 atom stereocenters. The molecule has 128 valence electrons. The van der Waals surface area contributed by atoms with E-state index in [0.717, 1.165) is 57.0 Å². The number of benzene rings is 1. The lowest BCUT2D eigenvalue weighted by molar-refractivity contribution is -0.187. The maximum Gasteiger partial charge on any atom is 0.170 e. The summed E-state index contributed by atoms with van der Waals surface area (Å²) in [5, 5.41) is 0. The third-order valence-electron chi connectivity index (χ3n) is 4.90. The number of ether oxygens (including phenoxy) is 3. The Hall–Kier alpha value is -1.30. The number of piperidine rings is 1. The van der Waals surface area contributed by atoms with Crippen LogP contribution in [0.15, 0.2) is 18.2 Å². The van der Waals surface area contributed by atoms with Crippen molar-refractivity contribution in [2.45, 2.75) is 44.9 Å². The Labute approximate surface area is 138 Å². The van der Waals surface area contributed by atoms with Crippen molar-refractivity contribution in [3.63, 3.8) is 0 Å². The molecule has 1 spiro atoms. The van der Waals surface area contributed by atoms with E-state index in [2.05, 4.69) is 17.9 Å². The van der Waals surface area contributed by atoms with Crippen LogP contribution in [-0.4, -0.2) is 49.6 Å². The number of likely N-dealkylation sites (tertiary alicyclic amines) is 1. The van der Waals surface area contributed by atoms with Crippen molar-refractivity contribution in [1.82, 2.24) is 4.90 Å². The van der Waals surface area contributed by atoms with E-state index in [1.807, 2.05) is 19.1 Å². The van der Waals surface area contributed by atoms with Crippen LogP contribution in [0.5, 0.6) is 5.75 Å². The lowest BCUT2D eigenvalue weighted by Crippen LogP contribution is -2.48. The fourth-order valence-electron chi connectivity index (χ4n) is 3.57. The molecule has 2 saturated heterocycles. The zero-order chi connectivity index (χ0) is 16.3. The molecule has 1 aromatic rings. The minimum atomic E-state index is -0.292. The third-order valence-corrected chi connectivity index (χ3v) is 4.90. The molecule has 0 saturated carbocycles. The number of nitrogens with zero attached hydrogens (tertiary/aromatic N) is 1. The SMILES string of the molecule is CCOc1ccc(CC(C)N2CCC3(CC2)OCCO3)cc1N. The number of hydrogen-bond donors (Lipinski definition) is 1. The van der Waals surface area contributed by atoms with Gasteiger partial charge >= 0.3 is 0 Å². The number of hydrogen-bond acceptors (Lipinski definition) is 5. The highest BCUT2D eigenvalue weighted by Crippen LogP contribution is 2.32. The van der Waals surface area contributed by atoms with Gasteiger partial charge in [-0.15, -0.1) is 0 Å². The smallest absolute Gasteiger partial charge is 0.170 e. The Morgan fingerprint density at radius 1 is 1.26 bits per heavy atom. The van der Waals surface area contributed by atoms with Crippen LogP contribution < -0.4 is 10.5 Å². The zero-order valence-electron chi connectivity index (χ0n) is 14.2. The molecule has 1 aromatic carbocycles. The predicted molar refractivity (Wildman–Crippen MR) is 90.6 cm³/mol. The molecule has 5 nitrogen and oxygen atoms in total. The summed E-state index contributed by atoms with van der Waals surface area (Å²) < 4.78 is 17.1. The molecule has 0 aliphatic carbocycles. The Balaban J connectivity index is 1.55. The first-order chi connectivity index (χ1) is 11.1. The molecule has 0 bridgehead atoms. The Bertz CT molecular complexity index is 519. The minimum Gasteiger partial charge on any atom is -0.492 e. The third kappa shape index (κ3) is 3.79. The van der Waals surface area contributed by atoms with Crippen molar-refractivity contribution in [2.75, 3.05) is 38.6 Å². The van der Waals surface area contributed by atoms with Crippen LogP contribution in [0, 0.1) is 0 Å². The van der Waals surface area contributed by atoms with E-state index in [-0.39, 0.29) is 5.79 Å². The molecule has 23 heavy (non-hydrogen) atoms. The van der Waals surface area contributed by atoms with Crippen LogP contribution in [0.1, 0.15) is 32.3 Å². The van der Waals surface area contributed by atoms with E-state index in [9.17, 15) is 0 Å². The fourth-order valence-corrected chi connectivity index (χ4v) is 3.57. The molecular formula is C18H28N2O3. The summed E-state index contributed by atoms with van der Waals surface area (Å²) in [6.07, 6.45) is 2.91. The van der Waals surface area contributed by atoms with Crippen molar-refractivity contribution in [3.05, 3.63) is 23.8 Å². The Kier molecular flexibility index (Phi) is 5.09. The molecule has 0 amide bonds. The summed E-state index contributed by atoms with van der Waals surface area (Å²) in [6.45, 7) is 8.40. The van der Waals surface area contributed by atoms with Crippen molar-refractivity contribution in [3.8, 4) is 5.75 Å². The summed E-state index contributed by atoms with van der Waals surface area (Å²) >= 11 is 0. The van der Waals surface area contributed by atoms with Gasteiger partial charge < -0.3 is 19.9 Å². The van der Waals surface area contributed by atoms with Crippen molar-refractivity contribution < 1.29 is 14.2 Å². The zero-order valence-corrected chi connectivity index (χ0v) is 14.2. The van der Waals surface area contributed by atoms with E-state index in [1.54, 1.807) is 0 Å². The number of nitrogens with two attached hydrogens (primary N) is 1. The molecule has 2 aliphatic heterocycles. The molecular weight excluding hydrogens is 292 g/mol. The average molecular weight is 320 g/mol. The molecule has 2 aliphatic rings. The molecule has 5 heteroatoms. The van der Waals surface area contributed by atoms with Crippen LogP contribution in [0.25, 0.3) is 0 Å². The summed E-state index contributed by atoms with van der Waals surface area (Å²) in [5.74, 6) is 0.485. The first-order valence-electron chi connectivity index (χ1n) is 8.65. The summed E-state index contributed by atoms with van der Waals surface area (Å²) in [5.41, 5.74) is 8.05. The lowest BCUT2D eigenvalue weighted by Gasteiger charge is -2.40. The number of rotatable bonds is 5. The topological polar surface area (TPSA) is 57.0 Å². The van der Waals surface area contributed by atoms with E-state index in [4.69, 9.17) is 19.9 Å². The van der Waals surface area contributed by atoms with Crippen molar-refractivity contribution in [2.24, 2.45) is 0 Å². The van der Waals surface area contributed by atoms with E-state index in [0.29, 0.717) is 12.6 Å². The Morgan fingerprint density at radius 2 is 1.96 bits per heavy atom. The van der Waals surface area contributed by atoms with Gasteiger partial charge in [0.15, 0.2) is 5.79 Å². The summed E-state index contributed by atoms with van der Waals surface area (Å²) in [7, 11) is 0. The highest BCUT2D eigenvalue weighted by atomic mass is 16.7. The normalized spacial score (nSPS) is 22.3. The average Bonchev–Trinajstić information content (AvgIpc) is 2.99. The van der Waals surface area contributed by atoms with Gasteiger partial charge in [-0.2, -0.15) is 0 Å². The van der Waals surface area contributed by atoms with Crippen LogP contribution in [0.2, 0.25) is 0 Å². The molecule has 1 unspecified atom stereocenters. The monoisotopic (exact) mass is 320 g/mol. The molecule has 2 N–H and O–H groups in total. The van der Waals surface area contributed by atoms with Gasteiger partial charge in [-0.25, -0.2) is 0 Å². The summed E-state index contributed by atoms with van der Waals surface area (Å²) in [6, 6.07) is 6.61. The minimum absolute atomic E-state index is 0.292. The van der Waals surface area contributed by atoms with Gasteiger partial charge in [0.2, 0.25) is 0 Å². The molecule has 2 fully saturated rings.